The number of hydrogen-bond donors (Lipinski definition) is 3. The first-order valence-corrected chi connectivity index (χ1v) is 8.85. The highest BCUT2D eigenvalue weighted by Crippen LogP contribution is 2.26. The van der Waals surface area contributed by atoms with Gasteiger partial charge in [0.05, 0.1) is 29.3 Å². The zero-order chi connectivity index (χ0) is 20.4. The van der Waals surface area contributed by atoms with E-state index in [-0.39, 0.29) is 35.1 Å². The minimum absolute atomic E-state index is 0.000703. The first kappa shape index (κ1) is 21.2. The summed E-state index contributed by atoms with van der Waals surface area (Å²) in [5.74, 6) is 4.82. The number of rotatable bonds is 1. The van der Waals surface area contributed by atoms with Crippen molar-refractivity contribution in [2.24, 2.45) is 5.73 Å². The molecule has 0 radical (unpaired) electrons. The number of primary amides is 1. The first-order valence-electron chi connectivity index (χ1n) is 8.03. The van der Waals surface area contributed by atoms with Gasteiger partial charge in [0, 0.05) is 12.7 Å². The molecule has 1 fully saturated rings. The van der Waals surface area contributed by atoms with Gasteiger partial charge in [0.2, 0.25) is 0 Å². The van der Waals surface area contributed by atoms with Crippen molar-refractivity contribution in [3.05, 3.63) is 22.3 Å². The van der Waals surface area contributed by atoms with Gasteiger partial charge in [0.25, 0.3) is 5.91 Å². The van der Waals surface area contributed by atoms with Crippen LogP contribution in [0.1, 0.15) is 36.7 Å². The van der Waals surface area contributed by atoms with E-state index in [4.69, 9.17) is 32.5 Å². The smallest absolute Gasteiger partial charge is 0.410 e. The van der Waals surface area contributed by atoms with E-state index in [2.05, 4.69) is 29.5 Å². The summed E-state index contributed by atoms with van der Waals surface area (Å²) in [4.78, 5) is 27.7. The third-order valence-electron chi connectivity index (χ3n) is 3.45. The zero-order valence-electron chi connectivity index (χ0n) is 15.2. The fourth-order valence-electron chi connectivity index (χ4n) is 2.22. The second-order valence-corrected chi connectivity index (χ2v) is 8.00. The number of pyridine rings is 1. The summed E-state index contributed by atoms with van der Waals surface area (Å²) in [6, 6.07) is 0. The molecule has 4 N–H and O–H groups in total. The van der Waals surface area contributed by atoms with E-state index in [9.17, 15) is 9.59 Å². The molecule has 0 aromatic carbocycles. The van der Waals surface area contributed by atoms with Gasteiger partial charge in [0.15, 0.2) is 4.93 Å². The van der Waals surface area contributed by atoms with Crippen molar-refractivity contribution >= 4 is 42.0 Å². The summed E-state index contributed by atoms with van der Waals surface area (Å²) in [7, 11) is 0. The van der Waals surface area contributed by atoms with Crippen LogP contribution < -0.4 is 11.5 Å². The Hall–Kier alpha value is -2.15. The lowest BCUT2D eigenvalue weighted by atomic mass is 10.1. The molecule has 27 heavy (non-hydrogen) atoms. The van der Waals surface area contributed by atoms with Gasteiger partial charge in [-0.1, -0.05) is 17.5 Å². The Morgan fingerprint density at radius 2 is 2.15 bits per heavy atom. The lowest BCUT2D eigenvalue weighted by Gasteiger charge is -2.37. The number of nitrogens with zero attached hydrogens (tertiary/aromatic N) is 2. The molecule has 0 bridgehead atoms. The average Bonchev–Trinajstić information content (AvgIpc) is 2.52. The highest BCUT2D eigenvalue weighted by Gasteiger charge is 2.35. The van der Waals surface area contributed by atoms with Crippen LogP contribution >= 0.6 is 24.2 Å². The molecule has 1 atom stereocenters. The van der Waals surface area contributed by atoms with E-state index < -0.39 is 22.5 Å². The molecule has 2 rings (SSSR count). The summed E-state index contributed by atoms with van der Waals surface area (Å²) in [5.41, 5.74) is 10.6. The van der Waals surface area contributed by atoms with Gasteiger partial charge in [-0.3, -0.25) is 4.79 Å². The van der Waals surface area contributed by atoms with E-state index in [1.54, 1.807) is 20.8 Å². The third-order valence-corrected chi connectivity index (χ3v) is 4.23. The number of halogens is 1. The van der Waals surface area contributed by atoms with Crippen LogP contribution in [0.3, 0.4) is 0 Å². The molecule has 146 valence electrons. The Morgan fingerprint density at radius 3 is 2.74 bits per heavy atom. The topological polar surface area (TPSA) is 121 Å². The second-order valence-electron chi connectivity index (χ2n) is 6.90. The second kappa shape index (κ2) is 7.84. The van der Waals surface area contributed by atoms with Gasteiger partial charge in [-0.15, -0.1) is 12.6 Å². The van der Waals surface area contributed by atoms with Crippen molar-refractivity contribution in [1.29, 1.82) is 0 Å². The van der Waals surface area contributed by atoms with Crippen molar-refractivity contribution in [3.8, 4) is 11.8 Å². The summed E-state index contributed by atoms with van der Waals surface area (Å²) in [6.07, 6.45) is 0.698. The lowest BCUT2D eigenvalue weighted by Crippen LogP contribution is -2.51. The van der Waals surface area contributed by atoms with Gasteiger partial charge in [-0.05, 0) is 26.7 Å². The standard InChI is InChI=1S/C17H21ClN4O4S/c1-16(2,3)26-15(24)22-6-7-25-17(27,9-22)5-4-10-12(18)11(14(20)23)8-21-13(10)19/h8,27H,6-7,9H2,1-3H3,(H2,19,21)(H2,20,23)/t17-/m0/s1. The number of hydrogen-bond acceptors (Lipinski definition) is 7. The first-order chi connectivity index (χ1) is 12.4. The van der Waals surface area contributed by atoms with Crippen LogP contribution in [0.25, 0.3) is 0 Å². The van der Waals surface area contributed by atoms with Gasteiger partial charge in [-0.2, -0.15) is 0 Å². The molecule has 1 aromatic rings. The molecule has 10 heteroatoms. The molecule has 1 aromatic heterocycles. The minimum Gasteiger partial charge on any atom is -0.444 e. The number of carbonyl (C=O) groups is 2. The van der Waals surface area contributed by atoms with Crippen molar-refractivity contribution < 1.29 is 19.1 Å². The number of aromatic nitrogens is 1. The van der Waals surface area contributed by atoms with Crippen molar-refractivity contribution in [2.45, 2.75) is 31.3 Å². The molecule has 0 unspecified atom stereocenters. The van der Waals surface area contributed by atoms with Crippen molar-refractivity contribution in [1.82, 2.24) is 9.88 Å². The fourth-order valence-corrected chi connectivity index (χ4v) is 2.82. The van der Waals surface area contributed by atoms with Crippen LogP contribution in [-0.4, -0.2) is 52.1 Å². The van der Waals surface area contributed by atoms with Gasteiger partial charge >= 0.3 is 6.09 Å². The van der Waals surface area contributed by atoms with E-state index in [0.29, 0.717) is 6.54 Å². The van der Waals surface area contributed by atoms with Crippen LogP contribution in [0.15, 0.2) is 6.20 Å². The SMILES string of the molecule is CC(C)(C)OC(=O)N1CCO[C@](S)(C#Cc2c(N)ncc(C(N)=O)c2Cl)C1. The highest BCUT2D eigenvalue weighted by molar-refractivity contribution is 7.82. The Labute approximate surface area is 167 Å². The van der Waals surface area contributed by atoms with Gasteiger partial charge in [-0.25, -0.2) is 9.78 Å². The van der Waals surface area contributed by atoms with E-state index >= 15 is 0 Å². The molecule has 2 amide bonds. The molecule has 8 nitrogen and oxygen atoms in total. The Kier molecular flexibility index (Phi) is 6.14. The molecule has 1 aliphatic rings. The average molecular weight is 413 g/mol. The number of amides is 2. The van der Waals surface area contributed by atoms with Crippen LogP contribution in [0, 0.1) is 11.8 Å². The van der Waals surface area contributed by atoms with Crippen LogP contribution in [0.5, 0.6) is 0 Å². The zero-order valence-corrected chi connectivity index (χ0v) is 16.9. The number of morpholine rings is 1. The number of carbonyl (C=O) groups excluding carboxylic acids is 2. The molecular weight excluding hydrogens is 392 g/mol. The number of ether oxygens (including phenoxy) is 2. The van der Waals surface area contributed by atoms with Gasteiger partial charge in [0.1, 0.15) is 11.4 Å². The minimum atomic E-state index is -1.27. The summed E-state index contributed by atoms with van der Waals surface area (Å²) in [6.45, 7) is 5.98. The predicted molar refractivity (Wildman–Crippen MR) is 105 cm³/mol. The maximum Gasteiger partial charge on any atom is 0.410 e. The van der Waals surface area contributed by atoms with Crippen LogP contribution in [-0.2, 0) is 9.47 Å². The summed E-state index contributed by atoms with van der Waals surface area (Å²) in [5, 5.41) is -0.000703. The molecule has 0 saturated carbocycles. The highest BCUT2D eigenvalue weighted by atomic mass is 35.5. The van der Waals surface area contributed by atoms with Gasteiger partial charge < -0.3 is 25.8 Å². The number of thiol groups is 1. The van der Waals surface area contributed by atoms with Crippen molar-refractivity contribution in [2.75, 3.05) is 25.4 Å². The Morgan fingerprint density at radius 1 is 1.48 bits per heavy atom. The monoisotopic (exact) mass is 412 g/mol. The molecule has 0 spiro atoms. The Bertz CT molecular complexity index is 831. The summed E-state index contributed by atoms with van der Waals surface area (Å²) >= 11 is 10.6. The number of anilines is 1. The van der Waals surface area contributed by atoms with E-state index in [0.717, 1.165) is 0 Å². The fraction of sp³-hybridized carbons (Fsp3) is 0.471. The normalized spacial score (nSPS) is 19.8. The molecule has 1 saturated heterocycles. The number of nitrogens with two attached hydrogens (primary N) is 2. The largest absolute Gasteiger partial charge is 0.444 e. The maximum absolute atomic E-state index is 12.3. The quantitative estimate of drug-likeness (QED) is 0.476. The molecule has 1 aliphatic heterocycles. The molecular formula is C17H21ClN4O4S. The Balaban J connectivity index is 2.26. The molecule has 2 heterocycles. The number of nitrogen functional groups attached to an aromatic ring is 1. The van der Waals surface area contributed by atoms with Crippen LogP contribution in [0.2, 0.25) is 5.02 Å². The third kappa shape index (κ3) is 5.42. The summed E-state index contributed by atoms with van der Waals surface area (Å²) < 4.78 is 11.0. The molecule has 0 aliphatic carbocycles. The lowest BCUT2D eigenvalue weighted by molar-refractivity contribution is -0.0351. The van der Waals surface area contributed by atoms with E-state index in [1.807, 2.05) is 0 Å². The van der Waals surface area contributed by atoms with Crippen molar-refractivity contribution in [3.63, 3.8) is 0 Å². The predicted octanol–water partition coefficient (Wildman–Crippen LogP) is 1.66. The van der Waals surface area contributed by atoms with Crippen LogP contribution in [0.4, 0.5) is 10.6 Å². The maximum atomic E-state index is 12.3. The van der Waals surface area contributed by atoms with E-state index in [1.165, 1.54) is 11.1 Å².